The molecule has 3 amide bonds. The molecule has 1 spiro atoms. The van der Waals surface area contributed by atoms with Crippen LogP contribution in [0.15, 0.2) is 18.2 Å². The summed E-state index contributed by atoms with van der Waals surface area (Å²) in [7, 11) is 0. The molecule has 5 nitrogen and oxygen atoms in total. The molecule has 2 N–H and O–H groups in total. The summed E-state index contributed by atoms with van der Waals surface area (Å²) in [5, 5.41) is 5.66. The molecule has 3 rings (SSSR count). The molecule has 0 aliphatic carbocycles. The number of imide groups is 1. The first-order valence-corrected chi connectivity index (χ1v) is 8.53. The van der Waals surface area contributed by atoms with Gasteiger partial charge in [-0.05, 0) is 31.0 Å². The summed E-state index contributed by atoms with van der Waals surface area (Å²) in [6.45, 7) is 2.17. The summed E-state index contributed by atoms with van der Waals surface area (Å²) in [5.74, 6) is 0.298. The minimum atomic E-state index is -1.06. The Bertz CT molecular complexity index is 634. The van der Waals surface area contributed by atoms with Crippen LogP contribution >= 0.6 is 11.6 Å². The number of unbranched alkanes of at least 4 members (excludes halogenated alkanes) is 3. The van der Waals surface area contributed by atoms with Crippen LogP contribution in [-0.4, -0.2) is 18.0 Å². The average molecular weight is 337 g/mol. The third kappa shape index (κ3) is 3.02. The maximum Gasteiger partial charge on any atom is 0.322 e. The molecule has 0 aromatic heterocycles. The van der Waals surface area contributed by atoms with E-state index in [1.165, 1.54) is 12.8 Å². The van der Waals surface area contributed by atoms with Gasteiger partial charge in [-0.1, -0.05) is 37.8 Å². The van der Waals surface area contributed by atoms with E-state index in [0.29, 0.717) is 22.8 Å². The van der Waals surface area contributed by atoms with E-state index in [1.54, 1.807) is 18.2 Å². The van der Waals surface area contributed by atoms with Crippen LogP contribution in [0.4, 0.5) is 4.79 Å². The number of hydrogen-bond acceptors (Lipinski definition) is 3. The van der Waals surface area contributed by atoms with Gasteiger partial charge in [-0.3, -0.25) is 10.1 Å². The zero-order chi connectivity index (χ0) is 16.4. The van der Waals surface area contributed by atoms with Crippen molar-refractivity contribution in [2.75, 3.05) is 0 Å². The highest BCUT2D eigenvalue weighted by Gasteiger charge is 2.53. The third-order valence-electron chi connectivity index (χ3n) is 4.55. The largest absolute Gasteiger partial charge is 0.490 e. The Kier molecular flexibility index (Phi) is 4.48. The normalized spacial score (nSPS) is 25.7. The van der Waals surface area contributed by atoms with Crippen LogP contribution in [0.25, 0.3) is 0 Å². The number of amides is 3. The van der Waals surface area contributed by atoms with Crippen LogP contribution in [-0.2, 0) is 10.3 Å². The van der Waals surface area contributed by atoms with E-state index in [4.69, 9.17) is 16.3 Å². The number of urea groups is 1. The van der Waals surface area contributed by atoms with Gasteiger partial charge in [0.05, 0.1) is 0 Å². The van der Waals surface area contributed by atoms with Gasteiger partial charge < -0.3 is 10.1 Å². The second-order valence-electron chi connectivity index (χ2n) is 6.25. The van der Waals surface area contributed by atoms with Crippen molar-refractivity contribution in [2.24, 2.45) is 0 Å². The van der Waals surface area contributed by atoms with Gasteiger partial charge in [0.25, 0.3) is 5.91 Å². The van der Waals surface area contributed by atoms with Gasteiger partial charge in [0.2, 0.25) is 0 Å². The predicted molar refractivity (Wildman–Crippen MR) is 87.6 cm³/mol. The molecule has 0 radical (unpaired) electrons. The molecule has 1 saturated heterocycles. The molecule has 1 fully saturated rings. The highest BCUT2D eigenvalue weighted by molar-refractivity contribution is 6.30. The van der Waals surface area contributed by atoms with E-state index < -0.39 is 11.6 Å². The second-order valence-corrected chi connectivity index (χ2v) is 6.68. The Balaban J connectivity index is 1.87. The van der Waals surface area contributed by atoms with Crippen LogP contribution in [0.2, 0.25) is 5.02 Å². The Hall–Kier alpha value is -1.75. The second kappa shape index (κ2) is 6.40. The smallest absolute Gasteiger partial charge is 0.322 e. The number of benzene rings is 1. The molecule has 0 bridgehead atoms. The van der Waals surface area contributed by atoms with Crippen LogP contribution in [0, 0.1) is 0 Å². The summed E-state index contributed by atoms with van der Waals surface area (Å²) < 4.78 is 6.05. The van der Waals surface area contributed by atoms with E-state index in [9.17, 15) is 9.59 Å². The van der Waals surface area contributed by atoms with Crippen molar-refractivity contribution >= 4 is 23.5 Å². The lowest BCUT2D eigenvalue weighted by Gasteiger charge is -2.37. The monoisotopic (exact) mass is 336 g/mol. The number of ether oxygens (including phenoxy) is 1. The fourth-order valence-corrected chi connectivity index (χ4v) is 3.57. The van der Waals surface area contributed by atoms with Gasteiger partial charge in [-0.15, -0.1) is 0 Å². The fraction of sp³-hybridized carbons (Fsp3) is 0.529. The van der Waals surface area contributed by atoms with Gasteiger partial charge in [-0.25, -0.2) is 4.79 Å². The zero-order valence-corrected chi connectivity index (χ0v) is 13.9. The molecular weight excluding hydrogens is 316 g/mol. The SMILES string of the molecule is CCCCCCC1CC2(NC(=O)NC2=O)c2cc(Cl)ccc2O1. The van der Waals surface area contributed by atoms with E-state index in [2.05, 4.69) is 17.6 Å². The quantitative estimate of drug-likeness (QED) is 0.639. The minimum Gasteiger partial charge on any atom is -0.490 e. The average Bonchev–Trinajstić information content (AvgIpc) is 2.79. The molecule has 2 aliphatic rings. The van der Waals surface area contributed by atoms with Crippen molar-refractivity contribution in [2.45, 2.75) is 57.1 Å². The first kappa shape index (κ1) is 16.1. The number of halogens is 1. The van der Waals surface area contributed by atoms with Crippen molar-refractivity contribution in [1.29, 1.82) is 0 Å². The van der Waals surface area contributed by atoms with E-state index in [-0.39, 0.29) is 12.0 Å². The summed E-state index contributed by atoms with van der Waals surface area (Å²) in [6.07, 6.45) is 5.78. The highest BCUT2D eigenvalue weighted by atomic mass is 35.5. The van der Waals surface area contributed by atoms with Crippen molar-refractivity contribution in [3.05, 3.63) is 28.8 Å². The van der Waals surface area contributed by atoms with Crippen molar-refractivity contribution < 1.29 is 14.3 Å². The van der Waals surface area contributed by atoms with Gasteiger partial charge in [0.1, 0.15) is 11.9 Å². The lowest BCUT2D eigenvalue weighted by molar-refractivity contribution is -0.126. The number of rotatable bonds is 5. The maximum atomic E-state index is 12.5. The molecule has 124 valence electrons. The molecule has 2 unspecified atom stereocenters. The van der Waals surface area contributed by atoms with Crippen molar-refractivity contribution in [3.63, 3.8) is 0 Å². The lowest BCUT2D eigenvalue weighted by Crippen LogP contribution is -2.50. The van der Waals surface area contributed by atoms with Gasteiger partial charge in [0.15, 0.2) is 5.54 Å². The molecule has 1 aromatic carbocycles. The molecule has 6 heteroatoms. The number of hydrogen-bond donors (Lipinski definition) is 2. The summed E-state index contributed by atoms with van der Waals surface area (Å²) >= 11 is 6.08. The van der Waals surface area contributed by atoms with E-state index >= 15 is 0 Å². The van der Waals surface area contributed by atoms with Gasteiger partial charge in [0, 0.05) is 17.0 Å². The first-order valence-electron chi connectivity index (χ1n) is 8.15. The van der Waals surface area contributed by atoms with Gasteiger partial charge in [-0.2, -0.15) is 0 Å². The molecular formula is C17H21ClN2O3. The predicted octanol–water partition coefficient (Wildman–Crippen LogP) is 3.50. The number of nitrogens with one attached hydrogen (secondary N) is 2. The van der Waals surface area contributed by atoms with Crippen LogP contribution in [0.1, 0.15) is 51.0 Å². The van der Waals surface area contributed by atoms with Gasteiger partial charge >= 0.3 is 6.03 Å². The van der Waals surface area contributed by atoms with E-state index in [1.807, 2.05) is 0 Å². The molecule has 2 heterocycles. The number of fused-ring (bicyclic) bond motifs is 2. The summed E-state index contributed by atoms with van der Waals surface area (Å²) in [6, 6.07) is 4.75. The summed E-state index contributed by atoms with van der Waals surface area (Å²) in [5.41, 5.74) is -0.427. The first-order chi connectivity index (χ1) is 11.0. The van der Waals surface area contributed by atoms with Crippen LogP contribution in [0.5, 0.6) is 5.75 Å². The Labute approximate surface area is 140 Å². The van der Waals surface area contributed by atoms with Crippen molar-refractivity contribution in [3.8, 4) is 5.75 Å². The third-order valence-corrected chi connectivity index (χ3v) is 4.79. The summed E-state index contributed by atoms with van der Waals surface area (Å²) in [4.78, 5) is 24.2. The Morgan fingerprint density at radius 3 is 2.83 bits per heavy atom. The van der Waals surface area contributed by atoms with Crippen LogP contribution in [0.3, 0.4) is 0 Å². The molecule has 23 heavy (non-hydrogen) atoms. The van der Waals surface area contributed by atoms with E-state index in [0.717, 1.165) is 19.3 Å². The topological polar surface area (TPSA) is 67.4 Å². The minimum absolute atomic E-state index is 0.0929. The number of carbonyl (C=O) groups is 2. The molecule has 2 atom stereocenters. The van der Waals surface area contributed by atoms with Crippen molar-refractivity contribution in [1.82, 2.24) is 10.6 Å². The maximum absolute atomic E-state index is 12.5. The van der Waals surface area contributed by atoms with Crippen LogP contribution < -0.4 is 15.4 Å². The molecule has 0 saturated carbocycles. The highest BCUT2D eigenvalue weighted by Crippen LogP contribution is 2.43. The molecule has 2 aliphatic heterocycles. The Morgan fingerprint density at radius 2 is 2.13 bits per heavy atom. The lowest BCUT2D eigenvalue weighted by atomic mass is 9.81. The standard InChI is InChI=1S/C17H21ClN2O3/c1-2-3-4-5-6-12-10-17(15(21)19-16(22)20-17)13-9-11(18)7-8-14(13)23-12/h7-9,12H,2-6,10H2,1H3,(H2,19,20,21,22). The Morgan fingerprint density at radius 1 is 1.30 bits per heavy atom. The number of carbonyl (C=O) groups excluding carboxylic acids is 2. The zero-order valence-electron chi connectivity index (χ0n) is 13.2. The molecule has 1 aromatic rings. The fourth-order valence-electron chi connectivity index (χ4n) is 3.40.